The Labute approximate surface area is 118 Å². The molecule has 1 aromatic carbocycles. The fraction of sp³-hybridized carbons (Fsp3) is 0.125. The van der Waals surface area contributed by atoms with E-state index in [1.807, 2.05) is 73.3 Å². The molecule has 0 aliphatic rings. The second kappa shape index (κ2) is 5.17. The van der Waals surface area contributed by atoms with Crippen molar-refractivity contribution in [2.45, 2.75) is 13.8 Å². The minimum Gasteiger partial charge on any atom is -0.325 e. The summed E-state index contributed by atoms with van der Waals surface area (Å²) in [5.41, 5.74) is 3.97. The number of benzene rings is 1. The van der Waals surface area contributed by atoms with Crippen LogP contribution < -0.4 is 5.32 Å². The van der Waals surface area contributed by atoms with Gasteiger partial charge >= 0.3 is 0 Å². The minimum absolute atomic E-state index is 0.791. The van der Waals surface area contributed by atoms with E-state index < -0.39 is 0 Å². The maximum Gasteiger partial charge on any atom is 0.212 e. The molecule has 0 aliphatic heterocycles. The number of nitrogens with one attached hydrogen (secondary N) is 1. The zero-order valence-corrected chi connectivity index (χ0v) is 11.5. The van der Waals surface area contributed by atoms with Gasteiger partial charge < -0.3 is 5.32 Å². The van der Waals surface area contributed by atoms with Crippen LogP contribution in [0.15, 0.2) is 54.9 Å². The number of para-hydroxylation sites is 1. The van der Waals surface area contributed by atoms with E-state index in [4.69, 9.17) is 0 Å². The smallest absolute Gasteiger partial charge is 0.212 e. The van der Waals surface area contributed by atoms with Gasteiger partial charge in [-0.25, -0.2) is 4.98 Å². The molecule has 0 spiro atoms. The van der Waals surface area contributed by atoms with E-state index in [9.17, 15) is 0 Å². The van der Waals surface area contributed by atoms with Gasteiger partial charge in [0.25, 0.3) is 0 Å². The quantitative estimate of drug-likeness (QED) is 0.785. The molecular formula is C16H16N4. The van der Waals surface area contributed by atoms with Gasteiger partial charge in [0.1, 0.15) is 0 Å². The Morgan fingerprint density at radius 2 is 1.75 bits per heavy atom. The van der Waals surface area contributed by atoms with Crippen LogP contribution in [0.5, 0.6) is 0 Å². The molecule has 0 fully saturated rings. The van der Waals surface area contributed by atoms with Gasteiger partial charge in [0.15, 0.2) is 0 Å². The van der Waals surface area contributed by atoms with E-state index in [0.717, 1.165) is 28.7 Å². The van der Waals surface area contributed by atoms with E-state index in [-0.39, 0.29) is 0 Å². The third-order valence-corrected chi connectivity index (χ3v) is 3.03. The number of hydrogen-bond acceptors (Lipinski definition) is 3. The number of aryl methyl sites for hydroxylation is 2. The lowest BCUT2D eigenvalue weighted by atomic mass is 10.3. The van der Waals surface area contributed by atoms with E-state index in [2.05, 4.69) is 15.3 Å². The van der Waals surface area contributed by atoms with Gasteiger partial charge in [-0.15, -0.1) is 0 Å². The van der Waals surface area contributed by atoms with E-state index >= 15 is 0 Å². The van der Waals surface area contributed by atoms with Crippen molar-refractivity contribution < 1.29 is 0 Å². The molecule has 3 rings (SSSR count). The Bertz CT molecular complexity index is 699. The van der Waals surface area contributed by atoms with Crippen LogP contribution in [-0.2, 0) is 0 Å². The van der Waals surface area contributed by atoms with Crippen LogP contribution in [0.2, 0.25) is 0 Å². The number of anilines is 2. The Balaban J connectivity index is 1.98. The lowest BCUT2D eigenvalue weighted by Crippen LogP contribution is -2.01. The average molecular weight is 264 g/mol. The Kier molecular flexibility index (Phi) is 3.21. The van der Waals surface area contributed by atoms with Crippen molar-refractivity contribution in [3.8, 4) is 5.69 Å². The number of hydrogen-bond donors (Lipinski definition) is 1. The molecule has 2 aromatic heterocycles. The number of rotatable bonds is 3. The first-order chi connectivity index (χ1) is 9.72. The summed E-state index contributed by atoms with van der Waals surface area (Å²) in [6.45, 7) is 3.96. The predicted octanol–water partition coefficient (Wildman–Crippen LogP) is 3.63. The largest absolute Gasteiger partial charge is 0.325 e. The summed E-state index contributed by atoms with van der Waals surface area (Å²) in [5.74, 6) is 0.791. The van der Waals surface area contributed by atoms with Crippen molar-refractivity contribution in [1.82, 2.24) is 14.5 Å². The van der Waals surface area contributed by atoms with Gasteiger partial charge in [0.05, 0.1) is 17.6 Å². The highest BCUT2D eigenvalue weighted by Crippen LogP contribution is 2.20. The molecule has 0 saturated heterocycles. The molecule has 0 saturated carbocycles. The van der Waals surface area contributed by atoms with Gasteiger partial charge in [0.2, 0.25) is 5.95 Å². The summed E-state index contributed by atoms with van der Waals surface area (Å²) < 4.78 is 2.01. The van der Waals surface area contributed by atoms with Crippen LogP contribution in [0.25, 0.3) is 5.69 Å². The summed E-state index contributed by atoms with van der Waals surface area (Å²) >= 11 is 0. The highest BCUT2D eigenvalue weighted by Gasteiger charge is 2.08. The lowest BCUT2D eigenvalue weighted by molar-refractivity contribution is 1.03. The minimum atomic E-state index is 0.791. The first-order valence-electron chi connectivity index (χ1n) is 6.53. The topological polar surface area (TPSA) is 42.7 Å². The van der Waals surface area contributed by atoms with Crippen molar-refractivity contribution in [3.63, 3.8) is 0 Å². The maximum absolute atomic E-state index is 4.53. The molecule has 3 aromatic rings. The van der Waals surface area contributed by atoms with Gasteiger partial charge in [-0.2, -0.15) is 0 Å². The van der Waals surface area contributed by atoms with E-state index in [1.165, 1.54) is 0 Å². The molecule has 0 unspecified atom stereocenters. The van der Waals surface area contributed by atoms with Crippen LogP contribution >= 0.6 is 0 Å². The van der Waals surface area contributed by atoms with Crippen molar-refractivity contribution in [3.05, 3.63) is 66.2 Å². The second-order valence-corrected chi connectivity index (χ2v) is 4.72. The predicted molar refractivity (Wildman–Crippen MR) is 80.6 cm³/mol. The van der Waals surface area contributed by atoms with Gasteiger partial charge in [-0.05, 0) is 38.1 Å². The van der Waals surface area contributed by atoms with Crippen LogP contribution in [0.4, 0.5) is 11.6 Å². The molecule has 0 radical (unpaired) electrons. The Morgan fingerprint density at radius 1 is 0.950 bits per heavy atom. The first-order valence-corrected chi connectivity index (χ1v) is 6.53. The van der Waals surface area contributed by atoms with Crippen molar-refractivity contribution in [2.24, 2.45) is 0 Å². The normalized spacial score (nSPS) is 10.5. The van der Waals surface area contributed by atoms with Crippen LogP contribution in [0.1, 0.15) is 11.4 Å². The standard InChI is InChI=1S/C16H16N4/c1-12-8-9-15(10-17-12)20-11-13(2)18-16(20)19-14-6-4-3-5-7-14/h3-11H,1-2H3,(H,18,19). The molecule has 0 bridgehead atoms. The van der Waals surface area contributed by atoms with Crippen LogP contribution in [-0.4, -0.2) is 14.5 Å². The molecule has 1 N–H and O–H groups in total. The van der Waals surface area contributed by atoms with Gasteiger partial charge in [0, 0.05) is 17.6 Å². The number of imidazole rings is 1. The molecule has 20 heavy (non-hydrogen) atoms. The molecule has 4 heteroatoms. The maximum atomic E-state index is 4.53. The Morgan fingerprint density at radius 3 is 2.45 bits per heavy atom. The summed E-state index contributed by atoms with van der Waals surface area (Å²) in [4.78, 5) is 8.87. The average Bonchev–Trinajstić information content (AvgIpc) is 2.81. The summed E-state index contributed by atoms with van der Waals surface area (Å²) in [5, 5.41) is 3.33. The van der Waals surface area contributed by atoms with Crippen LogP contribution in [0, 0.1) is 13.8 Å². The molecule has 0 amide bonds. The summed E-state index contributed by atoms with van der Waals surface area (Å²) in [6, 6.07) is 14.1. The SMILES string of the molecule is Cc1ccc(-n2cc(C)nc2Nc2ccccc2)cn1. The van der Waals surface area contributed by atoms with Crippen LogP contribution in [0.3, 0.4) is 0 Å². The van der Waals surface area contributed by atoms with Gasteiger partial charge in [-0.3, -0.25) is 9.55 Å². The Hall–Kier alpha value is -2.62. The highest BCUT2D eigenvalue weighted by molar-refractivity contribution is 5.56. The summed E-state index contributed by atoms with van der Waals surface area (Å²) in [6.07, 6.45) is 3.85. The third-order valence-electron chi connectivity index (χ3n) is 3.03. The zero-order chi connectivity index (χ0) is 13.9. The number of pyridine rings is 1. The summed E-state index contributed by atoms with van der Waals surface area (Å²) in [7, 11) is 0. The van der Waals surface area contributed by atoms with Gasteiger partial charge in [-0.1, -0.05) is 18.2 Å². The fourth-order valence-electron chi connectivity index (χ4n) is 2.04. The monoisotopic (exact) mass is 264 g/mol. The molecule has 2 heterocycles. The molecular weight excluding hydrogens is 248 g/mol. The fourth-order valence-corrected chi connectivity index (χ4v) is 2.04. The van der Waals surface area contributed by atoms with E-state index in [1.54, 1.807) is 0 Å². The third kappa shape index (κ3) is 2.54. The first kappa shape index (κ1) is 12.4. The number of nitrogens with zero attached hydrogens (tertiary/aromatic N) is 3. The van der Waals surface area contributed by atoms with Crippen molar-refractivity contribution in [2.75, 3.05) is 5.32 Å². The second-order valence-electron chi connectivity index (χ2n) is 4.72. The molecule has 100 valence electrons. The van der Waals surface area contributed by atoms with E-state index in [0.29, 0.717) is 0 Å². The highest BCUT2D eigenvalue weighted by atomic mass is 15.2. The zero-order valence-electron chi connectivity index (χ0n) is 11.5. The molecule has 0 atom stereocenters. The number of aromatic nitrogens is 3. The molecule has 0 aliphatic carbocycles. The molecule has 4 nitrogen and oxygen atoms in total. The lowest BCUT2D eigenvalue weighted by Gasteiger charge is -2.09. The van der Waals surface area contributed by atoms with Crippen molar-refractivity contribution in [1.29, 1.82) is 0 Å². The van der Waals surface area contributed by atoms with Crippen molar-refractivity contribution >= 4 is 11.6 Å².